The average molecular weight is 1190 g/mol. The summed E-state index contributed by atoms with van der Waals surface area (Å²) in [6.45, 7) is 24.5. The van der Waals surface area contributed by atoms with Crippen LogP contribution in [-0.2, 0) is 55.5 Å². The van der Waals surface area contributed by atoms with E-state index in [4.69, 9.17) is 14.2 Å². The van der Waals surface area contributed by atoms with E-state index in [0.717, 1.165) is 115 Å². The summed E-state index contributed by atoms with van der Waals surface area (Å²) >= 11 is 2.03. The Bertz CT molecular complexity index is 1250. The molecule has 12 aliphatic rings. The number of piperidine rings is 3. The van der Waals surface area contributed by atoms with E-state index in [1.54, 1.807) is 0 Å². The molecule has 0 unspecified atom stereocenters. The first kappa shape index (κ1) is 74.9. The summed E-state index contributed by atoms with van der Waals surface area (Å²) in [5.41, 5.74) is 1.35. The van der Waals surface area contributed by atoms with Crippen molar-refractivity contribution in [2.75, 3.05) is 189 Å². The Kier molecular flexibility index (Phi) is 56.1. The zero-order valence-corrected chi connectivity index (χ0v) is 52.7. The highest BCUT2D eigenvalue weighted by molar-refractivity contribution is 7.99. The fourth-order valence-corrected chi connectivity index (χ4v) is 14.1. The Morgan fingerprint density at radius 2 is 0.688 bits per heavy atom. The molecule has 12 fully saturated rings. The maximum Gasteiger partial charge on any atom is 0.152 e. The van der Waals surface area contributed by atoms with Crippen LogP contribution in [0.2, 0.25) is 0 Å². The molecule has 0 radical (unpaired) electrons. The molecule has 21 heteroatoms. The minimum absolute atomic E-state index is 0.312. The second-order valence-electron chi connectivity index (χ2n) is 20.8. The second-order valence-corrected chi connectivity index (χ2v) is 30.0. The van der Waals surface area contributed by atoms with Gasteiger partial charge in [0.05, 0.1) is 36.2 Å². The van der Waals surface area contributed by atoms with Gasteiger partial charge in [0, 0.05) is 141 Å². The predicted octanol–water partition coefficient (Wildman–Crippen LogP) is 6.16. The fourth-order valence-electron chi connectivity index (χ4n) is 8.54. The van der Waals surface area contributed by atoms with Gasteiger partial charge in [0.2, 0.25) is 0 Å². The van der Waals surface area contributed by atoms with Crippen LogP contribution in [0.4, 0.5) is 0 Å². The molecule has 0 aromatic rings. The lowest BCUT2D eigenvalue weighted by molar-refractivity contribution is 0.0968. The van der Waals surface area contributed by atoms with E-state index < -0.39 is 41.3 Å². The second kappa shape index (κ2) is 57.7. The molecule has 0 aromatic heterocycles. The molecule has 0 atom stereocenters. The maximum atomic E-state index is 10.7. The van der Waals surface area contributed by atoms with Crippen LogP contribution in [0.15, 0.2) is 12.2 Å². The van der Waals surface area contributed by atoms with Crippen LogP contribution in [0.1, 0.15) is 154 Å². The smallest absolute Gasteiger partial charge is 0.152 e. The molecule has 1 aliphatic carbocycles. The van der Waals surface area contributed by atoms with E-state index in [9.17, 15) is 25.3 Å². The van der Waals surface area contributed by atoms with Gasteiger partial charge in [0.25, 0.3) is 0 Å². The summed E-state index contributed by atoms with van der Waals surface area (Å²) in [7, 11) is -6.17. The number of thioether (sulfide) groups is 1. The van der Waals surface area contributed by atoms with E-state index in [1.165, 1.54) is 198 Å². The minimum Gasteiger partial charge on any atom is -0.381 e. The number of ether oxygens (including phenoxy) is 3. The molecule has 11 aliphatic heterocycles. The first-order valence-electron chi connectivity index (χ1n) is 30.6. The van der Waals surface area contributed by atoms with Crippen molar-refractivity contribution in [1.29, 1.82) is 0 Å². The van der Waals surface area contributed by atoms with Crippen LogP contribution in [0.3, 0.4) is 0 Å². The highest BCUT2D eigenvalue weighted by Crippen LogP contribution is 2.15. The van der Waals surface area contributed by atoms with Gasteiger partial charge in [-0.15, -0.1) is 0 Å². The number of morpholine rings is 1. The Morgan fingerprint density at radius 3 is 0.896 bits per heavy atom. The molecule has 12 rings (SSSR count). The van der Waals surface area contributed by atoms with Crippen molar-refractivity contribution in [2.45, 2.75) is 154 Å². The lowest BCUT2D eigenvalue weighted by Crippen LogP contribution is -2.35. The lowest BCUT2D eigenvalue weighted by Gasteiger charge is -2.12. The molecule has 0 bridgehead atoms. The number of rotatable bonds is 0. The summed E-state index contributed by atoms with van der Waals surface area (Å²) in [6, 6.07) is 0. The topological polar surface area (TPSA) is 214 Å². The predicted molar refractivity (Wildman–Crippen MR) is 333 cm³/mol. The Balaban J connectivity index is 0.000000421. The van der Waals surface area contributed by atoms with Crippen molar-refractivity contribution < 1.29 is 39.5 Å². The molecule has 77 heavy (non-hydrogen) atoms. The first-order chi connectivity index (χ1) is 37.6. The van der Waals surface area contributed by atoms with E-state index >= 15 is 0 Å². The standard InChI is InChI=1S/C6H11N.2C5H11N.C5H10O2S.C5H10OS.C5H10O.C5H10.C4H9NO2S.C4H9NOS.C4H9NO.C4H9NS.C4H8O/c1-6-3-2-4-7-5-6;2*1-2-4-6-5-3-1;6-8(7)4-2-1-3-5-8;6-7-4-2-1-3-5-7;1-2-4-6-5-3-1;1-2-4-5-3-1;6-8(7)3-1-5-2-4-8;6-7-3-1-5-2-4-7;2*1-3-6-4-2-5-1;1-2-4-5-3-1/h7H,1-5H2;2*6H,1-5H2;1-5H2;1-5H2;1-5H2;1-5H2;5H,1-4H2;5H,1-4H2;2*5H,1-4H2;1-4H2. The summed E-state index contributed by atoms with van der Waals surface area (Å²) in [5, 5.41) is 22.3. The van der Waals surface area contributed by atoms with Crippen molar-refractivity contribution in [3.63, 3.8) is 0 Å². The van der Waals surface area contributed by atoms with Gasteiger partial charge in [-0.25, -0.2) is 16.8 Å². The number of sulfone groups is 2. The van der Waals surface area contributed by atoms with Gasteiger partial charge in [-0.1, -0.05) is 69.9 Å². The molecule has 460 valence electrons. The van der Waals surface area contributed by atoms with Gasteiger partial charge in [0.1, 0.15) is 9.84 Å². The molecule has 0 aromatic carbocycles. The van der Waals surface area contributed by atoms with Crippen LogP contribution >= 0.6 is 11.8 Å². The van der Waals surface area contributed by atoms with E-state index in [1.807, 2.05) is 11.8 Å². The first-order valence-corrected chi connectivity index (χ1v) is 38.4. The molecule has 0 amide bonds. The van der Waals surface area contributed by atoms with Crippen molar-refractivity contribution in [1.82, 2.24) is 37.2 Å². The third-order valence-electron chi connectivity index (χ3n) is 13.4. The van der Waals surface area contributed by atoms with Gasteiger partial charge in [-0.2, -0.15) is 11.8 Å². The number of hydrogen-bond acceptors (Lipinski definition) is 17. The zero-order valence-electron chi connectivity index (χ0n) is 48.6. The summed E-state index contributed by atoms with van der Waals surface area (Å²) < 4.78 is 78.7. The van der Waals surface area contributed by atoms with Crippen LogP contribution in [-0.4, -0.2) is 214 Å². The Morgan fingerprint density at radius 1 is 0.338 bits per heavy atom. The van der Waals surface area contributed by atoms with Gasteiger partial charge in [-0.05, 0) is 129 Å². The van der Waals surface area contributed by atoms with E-state index in [-0.39, 0.29) is 0 Å². The van der Waals surface area contributed by atoms with Crippen molar-refractivity contribution >= 4 is 53.0 Å². The maximum absolute atomic E-state index is 10.7. The molecular formula is C56H117N7O9S5. The Hall–Kier alpha value is -0.110. The summed E-state index contributed by atoms with van der Waals surface area (Å²) in [5.74, 6) is 7.69. The van der Waals surface area contributed by atoms with Gasteiger partial charge in [-0.3, -0.25) is 8.42 Å². The van der Waals surface area contributed by atoms with Crippen molar-refractivity contribution in [3.8, 4) is 0 Å². The largest absolute Gasteiger partial charge is 0.381 e. The van der Waals surface area contributed by atoms with Crippen molar-refractivity contribution in [3.05, 3.63) is 12.2 Å². The fraction of sp³-hybridized carbons (Fsp3) is 0.964. The summed E-state index contributed by atoms with van der Waals surface area (Å²) in [4.78, 5) is 0. The molecule has 11 saturated heterocycles. The molecule has 7 N–H and O–H groups in total. The van der Waals surface area contributed by atoms with Crippen LogP contribution in [0.5, 0.6) is 0 Å². The normalized spacial score (nSPS) is 24.8. The van der Waals surface area contributed by atoms with Crippen LogP contribution in [0.25, 0.3) is 0 Å². The van der Waals surface area contributed by atoms with Crippen LogP contribution in [0, 0.1) is 0 Å². The quantitative estimate of drug-likeness (QED) is 0.135. The SMILES string of the molecule is C1CCCC1.C1CCNCC1.C1CCNCC1.C1CCOC1.C1CCOCC1.C1COCCN1.C1CSCCN1.C=C1CCCNC1.O=S1(=O)CCCCC1.O=S1(=O)CCNCC1.O=S1CCCCC1.O=S1CCNCC1. The third-order valence-corrected chi connectivity index (χ3v) is 20.6. The summed E-state index contributed by atoms with van der Waals surface area (Å²) in [6.07, 6.45) is 31.4. The lowest BCUT2D eigenvalue weighted by atomic mass is 10.1. The zero-order chi connectivity index (χ0) is 55.7. The van der Waals surface area contributed by atoms with Gasteiger partial charge in [0.15, 0.2) is 9.84 Å². The average Bonchev–Trinajstić information content (AvgIpc) is 4.30. The van der Waals surface area contributed by atoms with Gasteiger partial charge < -0.3 is 51.4 Å². The third kappa shape index (κ3) is 58.9. The highest BCUT2D eigenvalue weighted by atomic mass is 32.2. The number of nitrogens with one attached hydrogen (secondary N) is 7. The molecule has 16 nitrogen and oxygen atoms in total. The molecule has 1 saturated carbocycles. The minimum atomic E-state index is -2.65. The highest BCUT2D eigenvalue weighted by Gasteiger charge is 2.15. The van der Waals surface area contributed by atoms with E-state index in [0.29, 0.717) is 36.1 Å². The molecule has 0 spiro atoms. The van der Waals surface area contributed by atoms with E-state index in [2.05, 4.69) is 43.8 Å². The van der Waals surface area contributed by atoms with Crippen molar-refractivity contribution in [2.24, 2.45) is 0 Å². The molecular weight excluding hydrogens is 1070 g/mol. The van der Waals surface area contributed by atoms with Gasteiger partial charge >= 0.3 is 0 Å². The number of hydrogen-bond donors (Lipinski definition) is 7. The van der Waals surface area contributed by atoms with Crippen LogP contribution < -0.4 is 37.2 Å². The Labute approximate surface area is 481 Å². The monoisotopic (exact) mass is 1190 g/mol. The molecule has 11 heterocycles.